The highest BCUT2D eigenvalue weighted by molar-refractivity contribution is 6.32. The van der Waals surface area contributed by atoms with Gasteiger partial charge in [-0.25, -0.2) is 4.39 Å². The molecule has 0 radical (unpaired) electrons. The number of hydrogen-bond donors (Lipinski definition) is 1. The van der Waals surface area contributed by atoms with E-state index >= 15 is 0 Å². The van der Waals surface area contributed by atoms with Crippen LogP contribution >= 0.6 is 23.2 Å². The van der Waals surface area contributed by atoms with Crippen molar-refractivity contribution in [1.82, 2.24) is 0 Å². The smallest absolute Gasteiger partial charge is 0.289 e. The molecule has 1 saturated heterocycles. The van der Waals surface area contributed by atoms with Gasteiger partial charge in [0, 0.05) is 30.4 Å². The van der Waals surface area contributed by atoms with E-state index < -0.39 is 22.6 Å². The van der Waals surface area contributed by atoms with E-state index in [1.54, 1.807) is 0 Å². The molecule has 10 heteroatoms. The van der Waals surface area contributed by atoms with Crippen molar-refractivity contribution in [3.05, 3.63) is 62.4 Å². The summed E-state index contributed by atoms with van der Waals surface area (Å²) >= 11 is 11.5. The van der Waals surface area contributed by atoms with E-state index in [2.05, 4.69) is 5.32 Å². The Labute approximate surface area is 162 Å². The number of benzene rings is 2. The molecule has 0 saturated carbocycles. The van der Waals surface area contributed by atoms with Crippen LogP contribution in [0, 0.1) is 21.8 Å². The summed E-state index contributed by atoms with van der Waals surface area (Å²) in [6.45, 7) is 0.0856. The van der Waals surface area contributed by atoms with Gasteiger partial charge in [-0.1, -0.05) is 23.2 Å². The fraction of sp³-hybridized carbons (Fsp3) is 0.176. The summed E-state index contributed by atoms with van der Waals surface area (Å²) in [5, 5.41) is 13.3. The molecule has 1 atom stereocenters. The number of amides is 2. The molecule has 2 aromatic carbocycles. The zero-order valence-corrected chi connectivity index (χ0v) is 15.1. The summed E-state index contributed by atoms with van der Waals surface area (Å²) < 4.78 is 13.3. The van der Waals surface area contributed by atoms with Gasteiger partial charge in [-0.05, 0) is 30.3 Å². The van der Waals surface area contributed by atoms with Gasteiger partial charge in [0.2, 0.25) is 11.8 Å². The third-order valence-corrected chi connectivity index (χ3v) is 4.73. The Morgan fingerprint density at radius 1 is 1.22 bits per heavy atom. The topological polar surface area (TPSA) is 92.5 Å². The Morgan fingerprint density at radius 2 is 1.96 bits per heavy atom. The fourth-order valence-electron chi connectivity index (χ4n) is 2.76. The lowest BCUT2D eigenvalue weighted by Crippen LogP contribution is -2.28. The Kier molecular flexibility index (Phi) is 5.29. The van der Waals surface area contributed by atoms with E-state index in [4.69, 9.17) is 23.2 Å². The van der Waals surface area contributed by atoms with Crippen molar-refractivity contribution in [2.24, 2.45) is 5.92 Å². The Morgan fingerprint density at radius 3 is 2.63 bits per heavy atom. The minimum absolute atomic E-state index is 0.0451. The van der Waals surface area contributed by atoms with Crippen molar-refractivity contribution < 1.29 is 18.9 Å². The molecular formula is C17H12Cl2FN3O4. The van der Waals surface area contributed by atoms with Gasteiger partial charge >= 0.3 is 0 Å². The van der Waals surface area contributed by atoms with Crippen LogP contribution in [0.3, 0.4) is 0 Å². The highest BCUT2D eigenvalue weighted by Gasteiger charge is 2.35. The third kappa shape index (κ3) is 4.01. The minimum Gasteiger partial charge on any atom is -0.326 e. The van der Waals surface area contributed by atoms with Crippen LogP contribution in [0.2, 0.25) is 10.0 Å². The first-order valence-electron chi connectivity index (χ1n) is 7.76. The molecule has 3 rings (SSSR count). The second-order valence-electron chi connectivity index (χ2n) is 5.92. The van der Waals surface area contributed by atoms with E-state index in [1.807, 2.05) is 0 Å². The summed E-state index contributed by atoms with van der Waals surface area (Å²) in [5.41, 5.74) is 0.259. The van der Waals surface area contributed by atoms with Crippen molar-refractivity contribution in [3.63, 3.8) is 0 Å². The minimum atomic E-state index is -0.670. The summed E-state index contributed by atoms with van der Waals surface area (Å²) in [6, 6.07) is 7.75. The maximum Gasteiger partial charge on any atom is 0.289 e. The number of hydrogen-bond acceptors (Lipinski definition) is 4. The zero-order valence-electron chi connectivity index (χ0n) is 13.6. The van der Waals surface area contributed by atoms with Gasteiger partial charge in [-0.3, -0.25) is 19.7 Å². The van der Waals surface area contributed by atoms with Crippen molar-refractivity contribution in [1.29, 1.82) is 0 Å². The van der Waals surface area contributed by atoms with Crippen LogP contribution in [0.1, 0.15) is 6.42 Å². The van der Waals surface area contributed by atoms with E-state index in [9.17, 15) is 24.1 Å². The summed E-state index contributed by atoms with van der Waals surface area (Å²) in [5.74, 6) is -2.04. The number of nitro groups is 1. The van der Waals surface area contributed by atoms with Crippen LogP contribution in [0.4, 0.5) is 21.5 Å². The standard InChI is InChI=1S/C17H12Cl2FN3O4/c18-12-3-1-10(6-15(12)23(26)27)21-17(25)9-5-16(24)22(8-9)11-2-4-14(20)13(19)7-11/h1-4,6-7,9H,5,8H2,(H,21,25). The maximum atomic E-state index is 13.3. The number of anilines is 2. The number of halogens is 3. The zero-order chi connectivity index (χ0) is 19.7. The Hall–Kier alpha value is -2.71. The number of nitrogens with one attached hydrogen (secondary N) is 1. The van der Waals surface area contributed by atoms with Gasteiger partial charge in [0.05, 0.1) is 15.9 Å². The highest BCUT2D eigenvalue weighted by atomic mass is 35.5. The van der Waals surface area contributed by atoms with Crippen molar-refractivity contribution in [3.8, 4) is 0 Å². The summed E-state index contributed by atoms with van der Waals surface area (Å²) in [4.78, 5) is 36.3. The molecule has 0 aliphatic carbocycles. The SMILES string of the molecule is O=C(Nc1ccc(Cl)c([N+](=O)[O-])c1)C1CC(=O)N(c2ccc(F)c(Cl)c2)C1. The van der Waals surface area contributed by atoms with E-state index in [1.165, 1.54) is 29.2 Å². The first-order chi connectivity index (χ1) is 12.8. The summed E-state index contributed by atoms with van der Waals surface area (Å²) in [7, 11) is 0. The fourth-order valence-corrected chi connectivity index (χ4v) is 3.12. The van der Waals surface area contributed by atoms with Gasteiger partial charge in [-0.2, -0.15) is 0 Å². The molecule has 1 aliphatic heterocycles. The lowest BCUT2D eigenvalue weighted by molar-refractivity contribution is -0.384. The molecule has 1 N–H and O–H groups in total. The normalized spacial score (nSPS) is 16.5. The van der Waals surface area contributed by atoms with Crippen LogP contribution < -0.4 is 10.2 Å². The van der Waals surface area contributed by atoms with Gasteiger partial charge in [0.15, 0.2) is 0 Å². The second-order valence-corrected chi connectivity index (χ2v) is 6.73. The Balaban J connectivity index is 1.73. The molecule has 1 aliphatic rings. The van der Waals surface area contributed by atoms with Crippen LogP contribution in [0.5, 0.6) is 0 Å². The summed E-state index contributed by atoms with van der Waals surface area (Å²) in [6.07, 6.45) is -0.0451. The van der Waals surface area contributed by atoms with E-state index in [0.29, 0.717) is 5.69 Å². The van der Waals surface area contributed by atoms with Gasteiger partial charge in [0.25, 0.3) is 5.69 Å². The average molecular weight is 412 g/mol. The van der Waals surface area contributed by atoms with Gasteiger partial charge < -0.3 is 10.2 Å². The van der Waals surface area contributed by atoms with Crippen LogP contribution in [-0.4, -0.2) is 23.3 Å². The van der Waals surface area contributed by atoms with Crippen molar-refractivity contribution in [2.75, 3.05) is 16.8 Å². The number of nitro benzene ring substituents is 1. The van der Waals surface area contributed by atoms with Crippen LogP contribution in [0.15, 0.2) is 36.4 Å². The predicted molar refractivity (Wildman–Crippen MR) is 98.6 cm³/mol. The largest absolute Gasteiger partial charge is 0.326 e. The molecule has 1 fully saturated rings. The van der Waals surface area contributed by atoms with Crippen LogP contribution in [-0.2, 0) is 9.59 Å². The quantitative estimate of drug-likeness (QED) is 0.606. The third-order valence-electron chi connectivity index (χ3n) is 4.12. The molecule has 140 valence electrons. The lowest BCUT2D eigenvalue weighted by Gasteiger charge is -2.17. The van der Waals surface area contributed by atoms with Gasteiger partial charge in [0.1, 0.15) is 10.8 Å². The Bertz CT molecular complexity index is 954. The predicted octanol–water partition coefficient (Wildman–Crippen LogP) is 4.03. The molecule has 1 unspecified atom stereocenters. The van der Waals surface area contributed by atoms with E-state index in [0.717, 1.165) is 12.1 Å². The molecule has 0 bridgehead atoms. The maximum absolute atomic E-state index is 13.3. The molecule has 1 heterocycles. The number of rotatable bonds is 4. The van der Waals surface area contributed by atoms with Crippen molar-refractivity contribution >= 4 is 52.1 Å². The monoisotopic (exact) mass is 411 g/mol. The second kappa shape index (κ2) is 7.50. The van der Waals surface area contributed by atoms with Crippen molar-refractivity contribution in [2.45, 2.75) is 6.42 Å². The number of carbonyl (C=O) groups is 2. The molecule has 0 spiro atoms. The van der Waals surface area contributed by atoms with Gasteiger partial charge in [-0.15, -0.1) is 0 Å². The van der Waals surface area contributed by atoms with E-state index in [-0.39, 0.29) is 40.3 Å². The number of carbonyl (C=O) groups excluding carboxylic acids is 2. The lowest BCUT2D eigenvalue weighted by atomic mass is 10.1. The molecule has 27 heavy (non-hydrogen) atoms. The molecular weight excluding hydrogens is 400 g/mol. The molecule has 2 amide bonds. The molecule has 0 aromatic heterocycles. The average Bonchev–Trinajstić information content (AvgIpc) is 3.00. The first-order valence-corrected chi connectivity index (χ1v) is 8.52. The molecule has 7 nitrogen and oxygen atoms in total. The first kappa shape index (κ1) is 19.1. The number of nitrogens with zero attached hydrogens (tertiary/aromatic N) is 2. The molecule has 2 aromatic rings. The highest BCUT2D eigenvalue weighted by Crippen LogP contribution is 2.30. The van der Waals surface area contributed by atoms with Crippen LogP contribution in [0.25, 0.3) is 0 Å².